The Morgan fingerprint density at radius 3 is 2.48 bits per heavy atom. The standard InChI is InChI=1S/C14H18N2O5/c1-21-9-11(14(19)20)16-12(17)7-8-15-13(18)10-5-3-2-4-6-10/h2-6,11H,7-9H2,1H3,(H,15,18)(H,16,17)(H,19,20). The fraction of sp³-hybridized carbons (Fsp3) is 0.357. The summed E-state index contributed by atoms with van der Waals surface area (Å²) in [5, 5.41) is 13.8. The molecular formula is C14H18N2O5. The second-order valence-corrected chi connectivity index (χ2v) is 4.29. The van der Waals surface area contributed by atoms with Crippen molar-refractivity contribution in [1.29, 1.82) is 0 Å². The zero-order valence-corrected chi connectivity index (χ0v) is 11.7. The smallest absolute Gasteiger partial charge is 0.328 e. The largest absolute Gasteiger partial charge is 0.480 e. The minimum Gasteiger partial charge on any atom is -0.480 e. The highest BCUT2D eigenvalue weighted by Gasteiger charge is 2.19. The molecule has 1 atom stereocenters. The van der Waals surface area contributed by atoms with Crippen LogP contribution >= 0.6 is 0 Å². The number of carbonyl (C=O) groups is 3. The van der Waals surface area contributed by atoms with Crippen molar-refractivity contribution in [1.82, 2.24) is 10.6 Å². The molecule has 0 fully saturated rings. The highest BCUT2D eigenvalue weighted by atomic mass is 16.5. The maximum absolute atomic E-state index is 11.7. The Morgan fingerprint density at radius 2 is 1.90 bits per heavy atom. The number of benzene rings is 1. The first-order valence-corrected chi connectivity index (χ1v) is 6.39. The normalized spacial score (nSPS) is 11.5. The Hall–Kier alpha value is -2.41. The second-order valence-electron chi connectivity index (χ2n) is 4.29. The summed E-state index contributed by atoms with van der Waals surface area (Å²) in [6.07, 6.45) is -0.00787. The number of hydrogen-bond acceptors (Lipinski definition) is 4. The van der Waals surface area contributed by atoms with E-state index in [9.17, 15) is 14.4 Å². The Bertz CT molecular complexity index is 489. The number of methoxy groups -OCH3 is 1. The summed E-state index contributed by atoms with van der Waals surface area (Å²) in [5.74, 6) is -1.92. The Balaban J connectivity index is 2.33. The van der Waals surface area contributed by atoms with E-state index >= 15 is 0 Å². The third-order valence-electron chi connectivity index (χ3n) is 2.64. The van der Waals surface area contributed by atoms with Crippen molar-refractivity contribution in [2.75, 3.05) is 20.3 Å². The van der Waals surface area contributed by atoms with E-state index in [1.165, 1.54) is 7.11 Å². The quantitative estimate of drug-likeness (QED) is 0.627. The van der Waals surface area contributed by atoms with Gasteiger partial charge >= 0.3 is 5.97 Å². The van der Waals surface area contributed by atoms with E-state index < -0.39 is 17.9 Å². The highest BCUT2D eigenvalue weighted by Crippen LogP contribution is 1.97. The lowest BCUT2D eigenvalue weighted by Gasteiger charge is -2.13. The van der Waals surface area contributed by atoms with Crippen molar-refractivity contribution in [3.05, 3.63) is 35.9 Å². The van der Waals surface area contributed by atoms with Crippen molar-refractivity contribution in [3.8, 4) is 0 Å². The minimum absolute atomic E-state index is 0.00787. The molecule has 0 aliphatic carbocycles. The predicted molar refractivity (Wildman–Crippen MR) is 74.8 cm³/mol. The highest BCUT2D eigenvalue weighted by molar-refractivity contribution is 5.94. The van der Waals surface area contributed by atoms with Crippen LogP contribution in [-0.4, -0.2) is 49.2 Å². The number of amides is 2. The van der Waals surface area contributed by atoms with Crippen LogP contribution in [0.25, 0.3) is 0 Å². The molecule has 3 N–H and O–H groups in total. The van der Waals surface area contributed by atoms with Gasteiger partial charge < -0.3 is 20.5 Å². The van der Waals surface area contributed by atoms with Gasteiger partial charge in [-0.15, -0.1) is 0 Å². The van der Waals surface area contributed by atoms with Crippen LogP contribution in [0.15, 0.2) is 30.3 Å². The molecule has 2 amide bonds. The molecule has 0 aromatic heterocycles. The molecule has 21 heavy (non-hydrogen) atoms. The van der Waals surface area contributed by atoms with Crippen LogP contribution in [0.5, 0.6) is 0 Å². The number of carboxylic acids is 1. The van der Waals surface area contributed by atoms with Crippen molar-refractivity contribution < 1.29 is 24.2 Å². The van der Waals surface area contributed by atoms with E-state index in [0.717, 1.165) is 0 Å². The van der Waals surface area contributed by atoms with Crippen molar-refractivity contribution in [2.45, 2.75) is 12.5 Å². The summed E-state index contributed by atoms with van der Waals surface area (Å²) < 4.78 is 4.70. The molecule has 1 unspecified atom stereocenters. The number of ether oxygens (including phenoxy) is 1. The van der Waals surface area contributed by atoms with Gasteiger partial charge in [0.05, 0.1) is 6.61 Å². The first-order chi connectivity index (χ1) is 10.0. The predicted octanol–water partition coefficient (Wildman–Crippen LogP) is 0.0223. The summed E-state index contributed by atoms with van der Waals surface area (Å²) in [6, 6.07) is 7.51. The first kappa shape index (κ1) is 16.6. The maximum Gasteiger partial charge on any atom is 0.328 e. The lowest BCUT2D eigenvalue weighted by atomic mass is 10.2. The van der Waals surface area contributed by atoms with Gasteiger partial charge in [0, 0.05) is 25.6 Å². The topological polar surface area (TPSA) is 105 Å². The van der Waals surface area contributed by atoms with Gasteiger partial charge in [0.15, 0.2) is 6.04 Å². The maximum atomic E-state index is 11.7. The monoisotopic (exact) mass is 294 g/mol. The molecule has 0 radical (unpaired) electrons. The number of nitrogens with one attached hydrogen (secondary N) is 2. The third-order valence-corrected chi connectivity index (χ3v) is 2.64. The molecule has 0 saturated heterocycles. The average Bonchev–Trinajstić information content (AvgIpc) is 2.47. The molecule has 114 valence electrons. The zero-order valence-electron chi connectivity index (χ0n) is 11.7. The van der Waals surface area contributed by atoms with Gasteiger partial charge in [-0.3, -0.25) is 9.59 Å². The molecule has 1 aromatic rings. The van der Waals surface area contributed by atoms with Crippen molar-refractivity contribution in [2.24, 2.45) is 0 Å². The van der Waals surface area contributed by atoms with E-state index in [4.69, 9.17) is 9.84 Å². The molecular weight excluding hydrogens is 276 g/mol. The molecule has 7 nitrogen and oxygen atoms in total. The fourth-order valence-electron chi connectivity index (χ4n) is 1.59. The van der Waals surface area contributed by atoms with E-state index in [2.05, 4.69) is 10.6 Å². The van der Waals surface area contributed by atoms with E-state index in [1.54, 1.807) is 30.3 Å². The molecule has 7 heteroatoms. The van der Waals surface area contributed by atoms with E-state index in [0.29, 0.717) is 5.56 Å². The third kappa shape index (κ3) is 6.05. The summed E-state index contributed by atoms with van der Waals surface area (Å²) in [5.41, 5.74) is 0.501. The average molecular weight is 294 g/mol. The zero-order chi connectivity index (χ0) is 15.7. The number of carbonyl (C=O) groups excluding carboxylic acids is 2. The van der Waals surface area contributed by atoms with Crippen LogP contribution in [0.1, 0.15) is 16.8 Å². The van der Waals surface area contributed by atoms with E-state index in [1.807, 2.05) is 0 Å². The van der Waals surface area contributed by atoms with Crippen molar-refractivity contribution >= 4 is 17.8 Å². The van der Waals surface area contributed by atoms with Crippen LogP contribution < -0.4 is 10.6 Å². The van der Waals surface area contributed by atoms with Gasteiger partial charge in [-0.1, -0.05) is 18.2 Å². The molecule has 0 heterocycles. The summed E-state index contributed by atoms with van der Waals surface area (Å²) in [6.45, 7) is 0.0102. The molecule has 0 spiro atoms. The summed E-state index contributed by atoms with van der Waals surface area (Å²) in [4.78, 5) is 34.1. The molecule has 1 aromatic carbocycles. The second kappa shape index (κ2) is 8.70. The minimum atomic E-state index is -1.17. The SMILES string of the molecule is COCC(NC(=O)CCNC(=O)c1ccccc1)C(=O)O. The number of rotatable bonds is 8. The summed E-state index contributed by atoms with van der Waals surface area (Å²) in [7, 11) is 1.35. The van der Waals surface area contributed by atoms with Gasteiger partial charge in [0.25, 0.3) is 5.91 Å². The van der Waals surface area contributed by atoms with Gasteiger partial charge in [0.1, 0.15) is 0 Å². The van der Waals surface area contributed by atoms with Crippen LogP contribution in [-0.2, 0) is 14.3 Å². The Morgan fingerprint density at radius 1 is 1.24 bits per heavy atom. The van der Waals surface area contributed by atoms with Crippen LogP contribution in [0, 0.1) is 0 Å². The van der Waals surface area contributed by atoms with Crippen molar-refractivity contribution in [3.63, 3.8) is 0 Å². The lowest BCUT2D eigenvalue weighted by Crippen LogP contribution is -2.44. The molecule has 0 aliphatic heterocycles. The number of carboxylic acid groups (broad SMARTS) is 1. The molecule has 0 saturated carbocycles. The van der Waals surface area contributed by atoms with Gasteiger partial charge in [-0.05, 0) is 12.1 Å². The van der Waals surface area contributed by atoms with Crippen LogP contribution in [0.2, 0.25) is 0 Å². The first-order valence-electron chi connectivity index (χ1n) is 6.39. The molecule has 1 rings (SSSR count). The Labute approximate surface area is 122 Å². The lowest BCUT2D eigenvalue weighted by molar-refractivity contribution is -0.143. The molecule has 0 aliphatic rings. The van der Waals surface area contributed by atoms with Gasteiger partial charge in [-0.2, -0.15) is 0 Å². The number of aliphatic carboxylic acids is 1. The van der Waals surface area contributed by atoms with Gasteiger partial charge in [-0.25, -0.2) is 4.79 Å². The van der Waals surface area contributed by atoms with Crippen LogP contribution in [0.4, 0.5) is 0 Å². The van der Waals surface area contributed by atoms with E-state index in [-0.39, 0.29) is 25.5 Å². The van der Waals surface area contributed by atoms with Crippen LogP contribution in [0.3, 0.4) is 0 Å². The fourth-order valence-corrected chi connectivity index (χ4v) is 1.59. The number of hydrogen-bond donors (Lipinski definition) is 3. The molecule has 0 bridgehead atoms. The Kier molecular flexibility index (Phi) is 6.90. The van der Waals surface area contributed by atoms with Gasteiger partial charge in [0.2, 0.25) is 5.91 Å². The summed E-state index contributed by atoms with van der Waals surface area (Å²) >= 11 is 0.